The zero-order chi connectivity index (χ0) is 14.7. The van der Waals surface area contributed by atoms with Gasteiger partial charge in [-0.25, -0.2) is 0 Å². The van der Waals surface area contributed by atoms with E-state index < -0.39 is 0 Å². The van der Waals surface area contributed by atoms with Gasteiger partial charge in [-0.1, -0.05) is 48.5 Å². The molecule has 0 spiro atoms. The van der Waals surface area contributed by atoms with E-state index in [0.717, 1.165) is 0 Å². The molecule has 0 heterocycles. The molecule has 2 unspecified atom stereocenters. The molecule has 0 saturated carbocycles. The summed E-state index contributed by atoms with van der Waals surface area (Å²) in [4.78, 5) is 0. The maximum absolute atomic E-state index is 3.59. The highest BCUT2D eigenvalue weighted by molar-refractivity contribution is 5.33. The summed E-state index contributed by atoms with van der Waals surface area (Å²) in [5.41, 5.74) is 5.97. The smallest absolute Gasteiger partial charge is 0.0352 e. The predicted molar refractivity (Wildman–Crippen MR) is 89.6 cm³/mol. The molecule has 1 aliphatic carbocycles. The fourth-order valence-corrected chi connectivity index (χ4v) is 3.77. The second-order valence-corrected chi connectivity index (χ2v) is 6.25. The minimum atomic E-state index is 0.475. The van der Waals surface area contributed by atoms with Crippen LogP contribution in [0, 0.1) is 12.8 Å². The van der Waals surface area contributed by atoms with Crippen molar-refractivity contribution in [1.29, 1.82) is 0 Å². The summed E-state index contributed by atoms with van der Waals surface area (Å²) in [5.74, 6) is 0.680. The highest BCUT2D eigenvalue weighted by atomic mass is 14.9. The normalized spacial score (nSPS) is 21.6. The summed E-state index contributed by atoms with van der Waals surface area (Å²) in [7, 11) is 2.11. The topological polar surface area (TPSA) is 12.0 Å². The van der Waals surface area contributed by atoms with Gasteiger partial charge in [0.1, 0.15) is 0 Å². The minimum Gasteiger partial charge on any atom is -0.313 e. The zero-order valence-corrected chi connectivity index (χ0v) is 13.1. The van der Waals surface area contributed by atoms with Crippen LogP contribution in [0.5, 0.6) is 0 Å². The minimum absolute atomic E-state index is 0.475. The summed E-state index contributed by atoms with van der Waals surface area (Å²) in [6.07, 6.45) is 4.99. The van der Waals surface area contributed by atoms with Gasteiger partial charge in [-0.05, 0) is 67.8 Å². The molecule has 0 amide bonds. The average molecular weight is 279 g/mol. The highest BCUT2D eigenvalue weighted by Crippen LogP contribution is 2.35. The molecule has 0 saturated heterocycles. The first-order chi connectivity index (χ1) is 10.3. The molecule has 2 aromatic rings. The molecule has 0 radical (unpaired) electrons. The molecular weight excluding hydrogens is 254 g/mol. The molecule has 0 bridgehead atoms. The van der Waals surface area contributed by atoms with Crippen molar-refractivity contribution in [2.24, 2.45) is 5.92 Å². The largest absolute Gasteiger partial charge is 0.313 e. The first kappa shape index (κ1) is 14.3. The molecule has 2 aromatic carbocycles. The van der Waals surface area contributed by atoms with Gasteiger partial charge in [-0.15, -0.1) is 0 Å². The van der Waals surface area contributed by atoms with Crippen molar-refractivity contribution in [2.75, 3.05) is 7.05 Å². The van der Waals surface area contributed by atoms with Crippen LogP contribution in [-0.2, 0) is 12.8 Å². The quantitative estimate of drug-likeness (QED) is 0.818. The van der Waals surface area contributed by atoms with Gasteiger partial charge in [0.15, 0.2) is 0 Å². The number of benzene rings is 2. The lowest BCUT2D eigenvalue weighted by Crippen LogP contribution is -2.26. The molecule has 2 atom stereocenters. The van der Waals surface area contributed by atoms with Crippen LogP contribution >= 0.6 is 0 Å². The van der Waals surface area contributed by atoms with Crippen LogP contribution in [0.1, 0.15) is 41.1 Å². The standard InChI is InChI=1S/C20H25N/c1-15-8-3-4-10-17(15)14-18-12-7-11-16-9-5-6-13-19(16)20(18)21-2/h3-6,8-10,13,18,20-21H,7,11-12,14H2,1-2H3. The Morgan fingerprint density at radius 3 is 2.62 bits per heavy atom. The Morgan fingerprint density at radius 1 is 1.05 bits per heavy atom. The van der Waals surface area contributed by atoms with Gasteiger partial charge in [-0.2, -0.15) is 0 Å². The number of hydrogen-bond acceptors (Lipinski definition) is 1. The SMILES string of the molecule is CNC1c2ccccc2CCCC1Cc1ccccc1C. The van der Waals surface area contributed by atoms with E-state index in [0.29, 0.717) is 12.0 Å². The van der Waals surface area contributed by atoms with E-state index in [2.05, 4.69) is 67.8 Å². The van der Waals surface area contributed by atoms with Crippen LogP contribution in [-0.4, -0.2) is 7.05 Å². The van der Waals surface area contributed by atoms with Crippen molar-refractivity contribution in [1.82, 2.24) is 5.32 Å². The summed E-state index contributed by atoms with van der Waals surface area (Å²) in [6.45, 7) is 2.23. The average Bonchev–Trinajstić information content (AvgIpc) is 2.68. The number of rotatable bonds is 3. The second-order valence-electron chi connectivity index (χ2n) is 6.25. The molecule has 1 aliphatic rings. The summed E-state index contributed by atoms with van der Waals surface area (Å²) in [5, 5.41) is 3.59. The van der Waals surface area contributed by atoms with Crippen LogP contribution in [0.4, 0.5) is 0 Å². The molecule has 21 heavy (non-hydrogen) atoms. The van der Waals surface area contributed by atoms with E-state index in [9.17, 15) is 0 Å². The monoisotopic (exact) mass is 279 g/mol. The Kier molecular flexibility index (Phi) is 4.40. The Hall–Kier alpha value is -1.60. The summed E-state index contributed by atoms with van der Waals surface area (Å²) >= 11 is 0. The van der Waals surface area contributed by atoms with Crippen molar-refractivity contribution < 1.29 is 0 Å². The third-order valence-corrected chi connectivity index (χ3v) is 4.94. The van der Waals surface area contributed by atoms with E-state index in [4.69, 9.17) is 0 Å². The third-order valence-electron chi connectivity index (χ3n) is 4.94. The lowest BCUT2D eigenvalue weighted by molar-refractivity contribution is 0.358. The Labute approximate surface area is 128 Å². The Balaban J connectivity index is 1.90. The van der Waals surface area contributed by atoms with Crippen LogP contribution in [0.2, 0.25) is 0 Å². The van der Waals surface area contributed by atoms with Crippen LogP contribution in [0.25, 0.3) is 0 Å². The van der Waals surface area contributed by atoms with Gasteiger partial charge in [0.25, 0.3) is 0 Å². The van der Waals surface area contributed by atoms with Crippen molar-refractivity contribution >= 4 is 0 Å². The number of hydrogen-bond donors (Lipinski definition) is 1. The fraction of sp³-hybridized carbons (Fsp3) is 0.400. The van der Waals surface area contributed by atoms with Crippen molar-refractivity contribution in [3.63, 3.8) is 0 Å². The summed E-state index contributed by atoms with van der Waals surface area (Å²) in [6, 6.07) is 18.3. The number of nitrogens with one attached hydrogen (secondary N) is 1. The lowest BCUT2D eigenvalue weighted by atomic mass is 9.85. The summed E-state index contributed by atoms with van der Waals surface area (Å²) < 4.78 is 0. The second kappa shape index (κ2) is 6.44. The van der Waals surface area contributed by atoms with Crippen LogP contribution in [0.3, 0.4) is 0 Å². The van der Waals surface area contributed by atoms with E-state index in [1.807, 2.05) is 0 Å². The van der Waals surface area contributed by atoms with Gasteiger partial charge in [-0.3, -0.25) is 0 Å². The predicted octanol–water partition coefficient (Wildman–Crippen LogP) is 4.45. The Bertz CT molecular complexity index is 602. The van der Waals surface area contributed by atoms with Crippen molar-refractivity contribution in [3.8, 4) is 0 Å². The molecular formula is C20H25N. The van der Waals surface area contributed by atoms with Crippen molar-refractivity contribution in [3.05, 3.63) is 70.8 Å². The molecule has 110 valence electrons. The number of fused-ring (bicyclic) bond motifs is 1. The first-order valence-corrected chi connectivity index (χ1v) is 8.09. The molecule has 3 rings (SSSR count). The molecule has 0 aromatic heterocycles. The maximum Gasteiger partial charge on any atom is 0.0352 e. The lowest BCUT2D eigenvalue weighted by Gasteiger charge is -2.27. The van der Waals surface area contributed by atoms with Gasteiger partial charge < -0.3 is 5.32 Å². The molecule has 1 nitrogen and oxygen atoms in total. The van der Waals surface area contributed by atoms with Gasteiger partial charge in [0.2, 0.25) is 0 Å². The Morgan fingerprint density at radius 2 is 1.81 bits per heavy atom. The third kappa shape index (κ3) is 3.03. The molecule has 1 N–H and O–H groups in total. The van der Waals surface area contributed by atoms with Crippen molar-refractivity contribution in [2.45, 2.75) is 38.6 Å². The maximum atomic E-state index is 3.59. The molecule has 0 fully saturated rings. The van der Waals surface area contributed by atoms with E-state index in [1.165, 1.54) is 47.9 Å². The van der Waals surface area contributed by atoms with E-state index >= 15 is 0 Å². The van der Waals surface area contributed by atoms with E-state index in [1.54, 1.807) is 0 Å². The fourth-order valence-electron chi connectivity index (χ4n) is 3.77. The molecule has 1 heteroatoms. The number of aryl methyl sites for hydroxylation is 2. The van der Waals surface area contributed by atoms with Crippen LogP contribution in [0.15, 0.2) is 48.5 Å². The van der Waals surface area contributed by atoms with Gasteiger partial charge >= 0.3 is 0 Å². The van der Waals surface area contributed by atoms with Gasteiger partial charge in [0.05, 0.1) is 0 Å². The van der Waals surface area contributed by atoms with Crippen LogP contribution < -0.4 is 5.32 Å². The zero-order valence-electron chi connectivity index (χ0n) is 13.1. The first-order valence-electron chi connectivity index (χ1n) is 8.09. The van der Waals surface area contributed by atoms with Gasteiger partial charge in [0, 0.05) is 6.04 Å². The molecule has 0 aliphatic heterocycles. The van der Waals surface area contributed by atoms with E-state index in [-0.39, 0.29) is 0 Å². The highest BCUT2D eigenvalue weighted by Gasteiger charge is 2.26.